The van der Waals surface area contributed by atoms with Crippen LogP contribution in [-0.2, 0) is 0 Å². The first-order valence-corrected chi connectivity index (χ1v) is 24.6. The molecule has 4 heteroatoms. The van der Waals surface area contributed by atoms with Gasteiger partial charge in [0.1, 0.15) is 0 Å². The Balaban J connectivity index is 0.896. The maximum absolute atomic E-state index is 5.40. The van der Waals surface area contributed by atoms with Crippen molar-refractivity contribution in [2.75, 3.05) is 0 Å². The molecular weight excluding hydrogens is 873 g/mol. The smallest absolute Gasteiger partial charge is 0.0973 e. The minimum atomic E-state index is 0.852. The summed E-state index contributed by atoms with van der Waals surface area (Å²) in [6.45, 7) is 0. The van der Waals surface area contributed by atoms with Crippen LogP contribution in [0.1, 0.15) is 0 Å². The van der Waals surface area contributed by atoms with E-state index in [-0.39, 0.29) is 0 Å². The summed E-state index contributed by atoms with van der Waals surface area (Å²) in [7, 11) is 0. The average molecular weight is 915 g/mol. The normalized spacial score (nSPS) is 11.9. The van der Waals surface area contributed by atoms with Crippen molar-refractivity contribution in [2.24, 2.45) is 0 Å². The first-order chi connectivity index (χ1) is 35.6. The van der Waals surface area contributed by atoms with Crippen LogP contribution >= 0.6 is 0 Å². The van der Waals surface area contributed by atoms with Crippen LogP contribution in [0.5, 0.6) is 0 Å². The predicted octanol–water partition coefficient (Wildman–Crippen LogP) is 18.0. The van der Waals surface area contributed by atoms with Gasteiger partial charge in [0.2, 0.25) is 0 Å². The SMILES string of the molecule is c1ccc(-c2cc(-c3ccccc3)cc(-c3nc4ccccc4nc3-c3ccc4cc(-n5c6ccc(-n7c8ccccc8c8cc9ccccc9cc87)cc6c6cc7ccccc7cc65)ccc4c3)c2)cc1. The number of hydrogen-bond acceptors (Lipinski definition) is 2. The number of benzene rings is 12. The number of para-hydroxylation sites is 3. The van der Waals surface area contributed by atoms with Crippen LogP contribution < -0.4 is 0 Å². The Hall–Kier alpha value is -9.64. The summed E-state index contributed by atoms with van der Waals surface area (Å²) in [6.07, 6.45) is 0. The lowest BCUT2D eigenvalue weighted by molar-refractivity contribution is 1.17. The lowest BCUT2D eigenvalue weighted by Crippen LogP contribution is -1.97. The second-order valence-electron chi connectivity index (χ2n) is 19.0. The lowest BCUT2D eigenvalue weighted by atomic mass is 9.93. The van der Waals surface area contributed by atoms with E-state index in [1.165, 1.54) is 59.6 Å². The Bertz CT molecular complexity index is 4620. The monoisotopic (exact) mass is 914 g/mol. The largest absolute Gasteiger partial charge is 0.309 e. The van der Waals surface area contributed by atoms with Crippen molar-refractivity contribution in [1.82, 2.24) is 19.1 Å². The van der Waals surface area contributed by atoms with E-state index in [9.17, 15) is 0 Å². The van der Waals surface area contributed by atoms with Gasteiger partial charge in [-0.15, -0.1) is 0 Å². The van der Waals surface area contributed by atoms with Crippen molar-refractivity contribution in [3.05, 3.63) is 255 Å². The Morgan fingerprint density at radius 1 is 0.222 bits per heavy atom. The van der Waals surface area contributed by atoms with Gasteiger partial charge in [-0.3, -0.25) is 0 Å². The van der Waals surface area contributed by atoms with Gasteiger partial charge in [0.15, 0.2) is 0 Å². The van der Waals surface area contributed by atoms with Gasteiger partial charge < -0.3 is 9.13 Å². The van der Waals surface area contributed by atoms with E-state index in [0.29, 0.717) is 0 Å². The molecule has 0 spiro atoms. The molecule has 4 nitrogen and oxygen atoms in total. The standard InChI is InChI=1S/C68H42N4/c1-3-15-43(16-4-1)52-34-53(44-17-5-2-6-18-44)36-54(35-52)68-67(69-61-24-12-13-25-62(61)70-68)51-28-27-50-37-55(30-29-49(50)33-51)71-64-32-31-56(42-60(64)59-39-46-20-8-10-22-48(46)41-66(59)71)72-63-26-14-11-23-57(63)58-38-45-19-7-9-21-47(45)40-65(58)72/h1-42H. The molecular formula is C68H42N4. The number of hydrogen-bond donors (Lipinski definition) is 0. The number of rotatable bonds is 6. The molecule has 0 N–H and O–H groups in total. The van der Waals surface area contributed by atoms with Gasteiger partial charge >= 0.3 is 0 Å². The van der Waals surface area contributed by atoms with Crippen molar-refractivity contribution in [3.8, 4) is 56.1 Å². The van der Waals surface area contributed by atoms with E-state index in [1.54, 1.807) is 0 Å². The summed E-state index contributed by atoms with van der Waals surface area (Å²) in [5, 5.41) is 12.2. The third kappa shape index (κ3) is 6.47. The molecule has 0 amide bonds. The Labute approximate surface area is 415 Å². The van der Waals surface area contributed by atoms with E-state index >= 15 is 0 Å². The number of aromatic nitrogens is 4. The van der Waals surface area contributed by atoms with Gasteiger partial charge in [-0.1, -0.05) is 158 Å². The molecule has 72 heavy (non-hydrogen) atoms. The summed E-state index contributed by atoms with van der Waals surface area (Å²) < 4.78 is 4.90. The molecule has 15 rings (SSSR count). The molecule has 0 aliphatic rings. The minimum Gasteiger partial charge on any atom is -0.309 e. The van der Waals surface area contributed by atoms with Crippen molar-refractivity contribution >= 4 is 87.0 Å². The molecule has 15 aromatic rings. The predicted molar refractivity (Wildman–Crippen MR) is 302 cm³/mol. The number of fused-ring (bicyclic) bond motifs is 10. The second kappa shape index (κ2) is 16.0. The van der Waals surface area contributed by atoms with Crippen LogP contribution in [0.25, 0.3) is 143 Å². The highest BCUT2D eigenvalue weighted by molar-refractivity contribution is 6.16. The Kier molecular flexibility index (Phi) is 8.92. The van der Waals surface area contributed by atoms with Crippen LogP contribution in [0.15, 0.2) is 255 Å². The van der Waals surface area contributed by atoms with Gasteiger partial charge in [-0.05, 0) is 152 Å². The molecule has 0 aliphatic carbocycles. The van der Waals surface area contributed by atoms with Gasteiger partial charge in [0, 0.05) is 44.0 Å². The molecule has 12 aromatic carbocycles. The summed E-state index contributed by atoms with van der Waals surface area (Å²) in [5.74, 6) is 0. The quantitative estimate of drug-likeness (QED) is 0.167. The zero-order valence-corrected chi connectivity index (χ0v) is 39.0. The van der Waals surface area contributed by atoms with Crippen LogP contribution in [0.3, 0.4) is 0 Å². The zero-order valence-electron chi connectivity index (χ0n) is 39.0. The maximum atomic E-state index is 5.40. The molecule has 0 radical (unpaired) electrons. The fourth-order valence-corrected chi connectivity index (χ4v) is 11.3. The summed E-state index contributed by atoms with van der Waals surface area (Å²) in [6, 6.07) is 92.5. The second-order valence-corrected chi connectivity index (χ2v) is 19.0. The highest BCUT2D eigenvalue weighted by atomic mass is 15.0. The van der Waals surface area contributed by atoms with E-state index in [0.717, 1.165) is 83.5 Å². The van der Waals surface area contributed by atoms with Crippen molar-refractivity contribution in [2.45, 2.75) is 0 Å². The molecule has 0 saturated carbocycles. The third-order valence-electron chi connectivity index (χ3n) is 14.8. The highest BCUT2D eigenvalue weighted by Crippen LogP contribution is 2.42. The summed E-state index contributed by atoms with van der Waals surface area (Å²) >= 11 is 0. The van der Waals surface area contributed by atoms with E-state index in [2.05, 4.69) is 252 Å². The highest BCUT2D eigenvalue weighted by Gasteiger charge is 2.20. The maximum Gasteiger partial charge on any atom is 0.0973 e. The van der Waals surface area contributed by atoms with E-state index in [1.807, 2.05) is 12.1 Å². The molecule has 0 fully saturated rings. The van der Waals surface area contributed by atoms with Gasteiger partial charge in [-0.2, -0.15) is 0 Å². The van der Waals surface area contributed by atoms with Gasteiger partial charge in [-0.25, -0.2) is 9.97 Å². The minimum absolute atomic E-state index is 0.852. The topological polar surface area (TPSA) is 35.6 Å². The third-order valence-corrected chi connectivity index (χ3v) is 14.8. The van der Waals surface area contributed by atoms with Gasteiger partial charge in [0.05, 0.1) is 44.5 Å². The first-order valence-electron chi connectivity index (χ1n) is 24.6. The van der Waals surface area contributed by atoms with Crippen molar-refractivity contribution in [3.63, 3.8) is 0 Å². The zero-order chi connectivity index (χ0) is 47.3. The van der Waals surface area contributed by atoms with Crippen molar-refractivity contribution < 1.29 is 0 Å². The fraction of sp³-hybridized carbons (Fsp3) is 0. The van der Waals surface area contributed by atoms with Crippen molar-refractivity contribution in [1.29, 1.82) is 0 Å². The molecule has 0 unspecified atom stereocenters. The van der Waals surface area contributed by atoms with Crippen LogP contribution in [0.2, 0.25) is 0 Å². The van der Waals surface area contributed by atoms with Crippen LogP contribution in [0.4, 0.5) is 0 Å². The Morgan fingerprint density at radius 3 is 1.29 bits per heavy atom. The summed E-state index contributed by atoms with van der Waals surface area (Å²) in [4.78, 5) is 10.8. The summed E-state index contributed by atoms with van der Waals surface area (Å²) in [5.41, 5.74) is 17.0. The van der Waals surface area contributed by atoms with Gasteiger partial charge in [0.25, 0.3) is 0 Å². The molecule has 0 bridgehead atoms. The molecule has 3 heterocycles. The van der Waals surface area contributed by atoms with Crippen LogP contribution in [0, 0.1) is 0 Å². The molecule has 334 valence electrons. The lowest BCUT2D eigenvalue weighted by Gasteiger charge is -2.15. The molecule has 3 aromatic heterocycles. The first kappa shape index (κ1) is 40.3. The molecule has 0 saturated heterocycles. The Morgan fingerprint density at radius 2 is 0.653 bits per heavy atom. The van der Waals surface area contributed by atoms with Crippen LogP contribution in [-0.4, -0.2) is 19.1 Å². The average Bonchev–Trinajstić information content (AvgIpc) is 3.94. The molecule has 0 aliphatic heterocycles. The fourth-order valence-electron chi connectivity index (χ4n) is 11.3. The van der Waals surface area contributed by atoms with E-state index in [4.69, 9.17) is 9.97 Å². The number of nitrogens with zero attached hydrogens (tertiary/aromatic N) is 4. The molecule has 0 atom stereocenters. The van der Waals surface area contributed by atoms with E-state index < -0.39 is 0 Å².